The molecule has 1 amide bonds. The molecule has 8 nitrogen and oxygen atoms in total. The summed E-state index contributed by atoms with van der Waals surface area (Å²) in [7, 11) is 1.41. The molecule has 2 aromatic rings. The number of carbonyl (C=O) groups excluding carboxylic acids is 1. The smallest absolute Gasteiger partial charge is 0.467 e. The Morgan fingerprint density at radius 3 is 2.57 bits per heavy atom. The Balaban J connectivity index is 1.73. The lowest BCUT2D eigenvalue weighted by Gasteiger charge is -2.16. The molecule has 11 heteroatoms. The van der Waals surface area contributed by atoms with Gasteiger partial charge in [0.2, 0.25) is 5.95 Å². The Morgan fingerprint density at radius 1 is 1.18 bits per heavy atom. The normalized spacial score (nSPS) is 14.1. The summed E-state index contributed by atoms with van der Waals surface area (Å²) in [5.74, 6) is -0.661. The van der Waals surface area contributed by atoms with Gasteiger partial charge in [-0.15, -0.1) is 13.2 Å². The van der Waals surface area contributed by atoms with Crippen LogP contribution in [0.5, 0.6) is 11.8 Å². The zero-order chi connectivity index (χ0) is 20.1. The minimum Gasteiger partial charge on any atom is -0.467 e. The van der Waals surface area contributed by atoms with E-state index in [4.69, 9.17) is 4.74 Å². The van der Waals surface area contributed by atoms with Crippen molar-refractivity contribution in [3.05, 3.63) is 35.7 Å². The van der Waals surface area contributed by atoms with E-state index in [1.165, 1.54) is 25.3 Å². The van der Waals surface area contributed by atoms with Crippen LogP contribution in [0, 0.1) is 0 Å². The van der Waals surface area contributed by atoms with E-state index in [1.54, 1.807) is 0 Å². The van der Waals surface area contributed by atoms with Gasteiger partial charge in [-0.25, -0.2) is 0 Å². The van der Waals surface area contributed by atoms with E-state index >= 15 is 0 Å². The molecule has 0 radical (unpaired) electrons. The van der Waals surface area contributed by atoms with E-state index in [2.05, 4.69) is 25.0 Å². The topological polar surface area (TPSA) is 89.5 Å². The second kappa shape index (κ2) is 8.28. The molecule has 28 heavy (non-hydrogen) atoms. The van der Waals surface area contributed by atoms with Gasteiger partial charge in [0.1, 0.15) is 5.75 Å². The van der Waals surface area contributed by atoms with Crippen LogP contribution in [-0.4, -0.2) is 47.4 Å². The fourth-order valence-electron chi connectivity index (χ4n) is 2.74. The van der Waals surface area contributed by atoms with Gasteiger partial charge in [-0.1, -0.05) is 12.1 Å². The first-order chi connectivity index (χ1) is 13.4. The molecule has 0 bridgehead atoms. The molecule has 2 heterocycles. The summed E-state index contributed by atoms with van der Waals surface area (Å²) in [6, 6.07) is 5.19. The van der Waals surface area contributed by atoms with Crippen LogP contribution in [0.4, 0.5) is 19.1 Å². The largest absolute Gasteiger partial charge is 0.573 e. The van der Waals surface area contributed by atoms with Crippen LogP contribution >= 0.6 is 0 Å². The number of para-hydroxylation sites is 1. The number of ether oxygens (including phenoxy) is 2. The summed E-state index contributed by atoms with van der Waals surface area (Å²) in [6.45, 7) is 1.50. The Morgan fingerprint density at radius 2 is 1.89 bits per heavy atom. The highest BCUT2D eigenvalue weighted by atomic mass is 19.4. The predicted octanol–water partition coefficient (Wildman–Crippen LogP) is 2.31. The first-order valence-corrected chi connectivity index (χ1v) is 8.52. The number of nitrogens with zero attached hydrogens (tertiary/aromatic N) is 4. The molecule has 1 aromatic carbocycles. The maximum atomic E-state index is 12.5. The first-order valence-electron chi connectivity index (χ1n) is 8.52. The molecule has 3 rings (SSSR count). The zero-order valence-electron chi connectivity index (χ0n) is 15.0. The number of nitrogens with one attached hydrogen (secondary N) is 1. The summed E-state index contributed by atoms with van der Waals surface area (Å²) >= 11 is 0. The highest BCUT2D eigenvalue weighted by molar-refractivity contribution is 5.96. The Labute approximate surface area is 158 Å². The van der Waals surface area contributed by atoms with Crippen LogP contribution in [0.3, 0.4) is 0 Å². The molecule has 0 atom stereocenters. The van der Waals surface area contributed by atoms with Crippen LogP contribution < -0.4 is 19.7 Å². The van der Waals surface area contributed by atoms with Crippen molar-refractivity contribution in [1.29, 1.82) is 0 Å². The highest BCUT2D eigenvalue weighted by Crippen LogP contribution is 2.26. The number of hydrogen-bond acceptors (Lipinski definition) is 7. The van der Waals surface area contributed by atoms with E-state index in [-0.39, 0.29) is 23.9 Å². The third-order valence-corrected chi connectivity index (χ3v) is 3.99. The van der Waals surface area contributed by atoms with Crippen molar-refractivity contribution in [1.82, 2.24) is 20.3 Å². The molecular formula is C17H18F3N5O3. The summed E-state index contributed by atoms with van der Waals surface area (Å²) in [6.07, 6.45) is -2.85. The quantitative estimate of drug-likeness (QED) is 0.800. The Bertz CT molecular complexity index is 841. The van der Waals surface area contributed by atoms with Gasteiger partial charge in [-0.2, -0.15) is 15.0 Å². The maximum Gasteiger partial charge on any atom is 0.573 e. The molecule has 1 aliphatic heterocycles. The van der Waals surface area contributed by atoms with E-state index in [1.807, 2.05) is 4.90 Å². The fraction of sp³-hybridized carbons (Fsp3) is 0.412. The number of methoxy groups -OCH3 is 1. The monoisotopic (exact) mass is 397 g/mol. The van der Waals surface area contributed by atoms with Crippen LogP contribution in [0.2, 0.25) is 0 Å². The minimum absolute atomic E-state index is 0.0990. The SMILES string of the molecule is COc1nc(CNC(=O)c2ccccc2OC(F)(F)F)nc(N2CCCC2)n1. The van der Waals surface area contributed by atoms with Gasteiger partial charge < -0.3 is 19.7 Å². The Hall–Kier alpha value is -3.11. The second-order valence-corrected chi connectivity index (χ2v) is 5.96. The molecule has 150 valence electrons. The van der Waals surface area contributed by atoms with Crippen LogP contribution in [-0.2, 0) is 6.54 Å². The maximum absolute atomic E-state index is 12.5. The van der Waals surface area contributed by atoms with Gasteiger partial charge in [-0.05, 0) is 25.0 Å². The summed E-state index contributed by atoms with van der Waals surface area (Å²) in [5, 5.41) is 2.50. The predicted molar refractivity (Wildman–Crippen MR) is 92.1 cm³/mol. The number of alkyl halides is 3. The van der Waals surface area contributed by atoms with Crippen LogP contribution in [0.1, 0.15) is 29.0 Å². The lowest BCUT2D eigenvalue weighted by Crippen LogP contribution is -2.27. The van der Waals surface area contributed by atoms with Gasteiger partial charge in [-0.3, -0.25) is 4.79 Å². The van der Waals surface area contributed by atoms with Gasteiger partial charge >= 0.3 is 12.4 Å². The number of halogens is 3. The zero-order valence-corrected chi connectivity index (χ0v) is 15.0. The summed E-state index contributed by atoms with van der Waals surface area (Å²) < 4.78 is 46.5. The number of amides is 1. The molecule has 1 N–H and O–H groups in total. The van der Waals surface area contributed by atoms with Crippen molar-refractivity contribution in [3.8, 4) is 11.8 Å². The second-order valence-electron chi connectivity index (χ2n) is 5.96. The standard InChI is InChI=1S/C17H18F3N5O3/c1-27-16-23-13(22-15(24-16)25-8-4-5-9-25)10-21-14(26)11-6-2-3-7-12(11)28-17(18,19)20/h2-3,6-7H,4-5,8-10H2,1H3,(H,21,26). The fourth-order valence-corrected chi connectivity index (χ4v) is 2.74. The van der Waals surface area contributed by atoms with Gasteiger partial charge in [0, 0.05) is 13.1 Å². The number of rotatable bonds is 6. The minimum atomic E-state index is -4.90. The highest BCUT2D eigenvalue weighted by Gasteiger charge is 2.32. The van der Waals surface area contributed by atoms with Crippen molar-refractivity contribution >= 4 is 11.9 Å². The lowest BCUT2D eigenvalue weighted by molar-refractivity contribution is -0.274. The van der Waals surface area contributed by atoms with Gasteiger partial charge in [0.15, 0.2) is 5.82 Å². The first kappa shape index (κ1) is 19.6. The molecule has 0 spiro atoms. The van der Waals surface area contributed by atoms with E-state index < -0.39 is 18.0 Å². The average Bonchev–Trinajstić information content (AvgIpc) is 3.20. The third kappa shape index (κ3) is 4.99. The number of benzene rings is 1. The number of aromatic nitrogens is 3. The number of hydrogen-bond donors (Lipinski definition) is 1. The average molecular weight is 397 g/mol. The van der Waals surface area contributed by atoms with Gasteiger partial charge in [0.25, 0.3) is 5.91 Å². The lowest BCUT2D eigenvalue weighted by atomic mass is 10.2. The van der Waals surface area contributed by atoms with E-state index in [0.717, 1.165) is 32.0 Å². The molecule has 0 unspecified atom stereocenters. The Kier molecular flexibility index (Phi) is 5.81. The number of carbonyl (C=O) groups is 1. The summed E-state index contributed by atoms with van der Waals surface area (Å²) in [5.41, 5.74) is -0.249. The molecule has 1 saturated heterocycles. The van der Waals surface area contributed by atoms with Crippen molar-refractivity contribution < 1.29 is 27.4 Å². The van der Waals surface area contributed by atoms with Crippen LogP contribution in [0.25, 0.3) is 0 Å². The molecule has 0 aliphatic carbocycles. The van der Waals surface area contributed by atoms with Gasteiger partial charge in [0.05, 0.1) is 19.2 Å². The third-order valence-electron chi connectivity index (χ3n) is 3.99. The van der Waals surface area contributed by atoms with Crippen molar-refractivity contribution in [3.63, 3.8) is 0 Å². The molecule has 1 fully saturated rings. The number of anilines is 1. The molecular weight excluding hydrogens is 379 g/mol. The van der Waals surface area contributed by atoms with E-state index in [0.29, 0.717) is 5.95 Å². The van der Waals surface area contributed by atoms with Crippen molar-refractivity contribution in [2.75, 3.05) is 25.1 Å². The molecule has 1 aromatic heterocycles. The van der Waals surface area contributed by atoms with Crippen molar-refractivity contribution in [2.24, 2.45) is 0 Å². The molecule has 1 aliphatic rings. The van der Waals surface area contributed by atoms with Crippen molar-refractivity contribution in [2.45, 2.75) is 25.7 Å². The van der Waals surface area contributed by atoms with Crippen LogP contribution in [0.15, 0.2) is 24.3 Å². The molecule has 0 saturated carbocycles. The van der Waals surface area contributed by atoms with E-state index in [9.17, 15) is 18.0 Å². The summed E-state index contributed by atoms with van der Waals surface area (Å²) in [4.78, 5) is 26.9.